The van der Waals surface area contributed by atoms with Crippen molar-refractivity contribution in [2.45, 2.75) is 6.18 Å². The third-order valence-electron chi connectivity index (χ3n) is 3.68. The molecule has 0 atom stereocenters. The quantitative estimate of drug-likeness (QED) is 0.377. The molecule has 0 fully saturated rings. The maximum absolute atomic E-state index is 12.5. The van der Waals surface area contributed by atoms with Gasteiger partial charge in [-0.1, -0.05) is 0 Å². The first-order valence-electron chi connectivity index (χ1n) is 7.87. The Morgan fingerprint density at radius 1 is 1.04 bits per heavy atom. The molecule has 2 aromatic carbocycles. The molecule has 0 saturated heterocycles. The van der Waals surface area contributed by atoms with E-state index in [1.807, 2.05) is 0 Å². The second-order valence-electron chi connectivity index (χ2n) is 5.61. The van der Waals surface area contributed by atoms with E-state index in [2.05, 4.69) is 10.6 Å². The minimum atomic E-state index is -4.49. The predicted molar refractivity (Wildman–Crippen MR) is 93.9 cm³/mol. The van der Waals surface area contributed by atoms with Crippen molar-refractivity contribution in [1.82, 2.24) is 5.32 Å². The molecule has 0 aliphatic heterocycles. The summed E-state index contributed by atoms with van der Waals surface area (Å²) < 4.78 is 37.5. The third-order valence-corrected chi connectivity index (χ3v) is 3.68. The number of primary amides is 1. The lowest BCUT2D eigenvalue weighted by molar-refractivity contribution is -0.384. The van der Waals surface area contributed by atoms with Crippen LogP contribution in [0.3, 0.4) is 0 Å². The number of nitrogens with zero attached hydrogens (tertiary/aromatic N) is 1. The summed E-state index contributed by atoms with van der Waals surface area (Å²) >= 11 is 0. The van der Waals surface area contributed by atoms with Crippen LogP contribution in [0.15, 0.2) is 42.5 Å². The minimum absolute atomic E-state index is 0.0205. The van der Waals surface area contributed by atoms with Crippen LogP contribution in [0, 0.1) is 10.1 Å². The Morgan fingerprint density at radius 3 is 2.18 bits per heavy atom. The summed E-state index contributed by atoms with van der Waals surface area (Å²) in [6, 6.07) is 7.38. The van der Waals surface area contributed by atoms with Crippen LogP contribution >= 0.6 is 0 Å². The molecule has 148 valence electrons. The first kappa shape index (κ1) is 20.7. The number of nitrogens with two attached hydrogens (primary N) is 1. The second kappa shape index (κ2) is 8.37. The van der Waals surface area contributed by atoms with Crippen LogP contribution in [0.1, 0.15) is 26.3 Å². The van der Waals surface area contributed by atoms with Gasteiger partial charge in [0.1, 0.15) is 5.69 Å². The first-order valence-corrected chi connectivity index (χ1v) is 7.87. The number of nitro groups is 1. The van der Waals surface area contributed by atoms with Gasteiger partial charge in [-0.05, 0) is 36.4 Å². The Morgan fingerprint density at radius 2 is 1.64 bits per heavy atom. The van der Waals surface area contributed by atoms with Crippen LogP contribution in [-0.2, 0) is 6.18 Å². The summed E-state index contributed by atoms with van der Waals surface area (Å²) in [5.74, 6) is -1.40. The summed E-state index contributed by atoms with van der Waals surface area (Å²) in [4.78, 5) is 33.4. The van der Waals surface area contributed by atoms with Crippen LogP contribution in [0.25, 0.3) is 0 Å². The van der Waals surface area contributed by atoms with Crippen molar-refractivity contribution in [2.75, 3.05) is 18.4 Å². The SMILES string of the molecule is NC(=O)c1ccc(NCCNC(=O)c2ccc(C(F)(F)F)cc2)c([N+](=O)[O-])c1. The largest absolute Gasteiger partial charge is 0.416 e. The Kier molecular flexibility index (Phi) is 6.18. The Labute approximate surface area is 156 Å². The van der Waals surface area contributed by atoms with Crippen LogP contribution in [0.5, 0.6) is 0 Å². The lowest BCUT2D eigenvalue weighted by Crippen LogP contribution is -2.29. The van der Waals surface area contributed by atoms with E-state index in [0.29, 0.717) is 0 Å². The maximum atomic E-state index is 12.5. The monoisotopic (exact) mass is 396 g/mol. The number of benzene rings is 2. The van der Waals surface area contributed by atoms with E-state index in [4.69, 9.17) is 5.73 Å². The normalized spacial score (nSPS) is 11.0. The van der Waals surface area contributed by atoms with E-state index in [1.54, 1.807) is 0 Å². The number of carbonyl (C=O) groups is 2. The highest BCUT2D eigenvalue weighted by molar-refractivity contribution is 5.95. The van der Waals surface area contributed by atoms with Crippen molar-refractivity contribution >= 4 is 23.2 Å². The van der Waals surface area contributed by atoms with Gasteiger partial charge in [-0.25, -0.2) is 0 Å². The van der Waals surface area contributed by atoms with E-state index >= 15 is 0 Å². The van der Waals surface area contributed by atoms with Gasteiger partial charge in [0.15, 0.2) is 0 Å². The standard InChI is InChI=1S/C17H15F3N4O4/c18-17(19,20)12-4-1-10(2-5-12)16(26)23-8-7-22-13-6-3-11(15(21)25)9-14(13)24(27)28/h1-6,9,22H,7-8H2,(H2,21,25)(H,23,26). The van der Waals surface area contributed by atoms with Crippen molar-refractivity contribution < 1.29 is 27.7 Å². The third kappa shape index (κ3) is 5.19. The van der Waals surface area contributed by atoms with Crippen molar-refractivity contribution in [3.05, 3.63) is 69.3 Å². The number of halogens is 3. The number of amides is 2. The first-order chi connectivity index (χ1) is 13.1. The fourth-order valence-electron chi connectivity index (χ4n) is 2.27. The van der Waals surface area contributed by atoms with E-state index in [9.17, 15) is 32.9 Å². The number of rotatable bonds is 7. The highest BCUT2D eigenvalue weighted by atomic mass is 19.4. The van der Waals surface area contributed by atoms with Gasteiger partial charge in [-0.2, -0.15) is 13.2 Å². The highest BCUT2D eigenvalue weighted by Gasteiger charge is 2.30. The maximum Gasteiger partial charge on any atom is 0.416 e. The second-order valence-corrected chi connectivity index (χ2v) is 5.61. The molecule has 2 amide bonds. The van der Waals surface area contributed by atoms with Gasteiger partial charge in [0.25, 0.3) is 11.6 Å². The van der Waals surface area contributed by atoms with Crippen LogP contribution in [-0.4, -0.2) is 29.8 Å². The van der Waals surface area contributed by atoms with E-state index in [-0.39, 0.29) is 35.6 Å². The van der Waals surface area contributed by atoms with E-state index in [1.165, 1.54) is 12.1 Å². The summed E-state index contributed by atoms with van der Waals surface area (Å²) in [7, 11) is 0. The average Bonchev–Trinajstić information content (AvgIpc) is 2.64. The molecular weight excluding hydrogens is 381 g/mol. The molecule has 11 heteroatoms. The van der Waals surface area contributed by atoms with E-state index < -0.39 is 28.5 Å². The molecule has 4 N–H and O–H groups in total. The summed E-state index contributed by atoms with van der Waals surface area (Å²) in [5, 5.41) is 16.3. The number of hydrogen-bond donors (Lipinski definition) is 3. The molecule has 0 aliphatic carbocycles. The van der Waals surface area contributed by atoms with Gasteiger partial charge in [0, 0.05) is 30.3 Å². The molecule has 0 heterocycles. The van der Waals surface area contributed by atoms with Gasteiger partial charge in [-0.15, -0.1) is 0 Å². The fraction of sp³-hybridized carbons (Fsp3) is 0.176. The van der Waals surface area contributed by atoms with Crippen LogP contribution in [0.4, 0.5) is 24.5 Å². The molecule has 8 nitrogen and oxygen atoms in total. The zero-order valence-corrected chi connectivity index (χ0v) is 14.2. The Bertz CT molecular complexity index is 898. The van der Waals surface area contributed by atoms with Gasteiger partial charge >= 0.3 is 6.18 Å². The zero-order chi connectivity index (χ0) is 20.9. The zero-order valence-electron chi connectivity index (χ0n) is 14.2. The number of hydrogen-bond acceptors (Lipinski definition) is 5. The molecule has 0 aromatic heterocycles. The smallest absolute Gasteiger partial charge is 0.378 e. The topological polar surface area (TPSA) is 127 Å². The molecule has 2 rings (SSSR count). The predicted octanol–water partition coefficient (Wildman–Crippen LogP) is 2.55. The number of carbonyl (C=O) groups excluding carboxylic acids is 2. The van der Waals surface area contributed by atoms with Gasteiger partial charge < -0.3 is 16.4 Å². The van der Waals surface area contributed by atoms with Gasteiger partial charge in [0.05, 0.1) is 10.5 Å². The van der Waals surface area contributed by atoms with E-state index in [0.717, 1.165) is 30.3 Å². The molecule has 0 radical (unpaired) electrons. The highest BCUT2D eigenvalue weighted by Crippen LogP contribution is 2.29. The Balaban J connectivity index is 1.93. The lowest BCUT2D eigenvalue weighted by Gasteiger charge is -2.10. The minimum Gasteiger partial charge on any atom is -0.378 e. The molecule has 0 saturated carbocycles. The fourth-order valence-corrected chi connectivity index (χ4v) is 2.27. The molecule has 0 unspecified atom stereocenters. The molecule has 2 aromatic rings. The van der Waals surface area contributed by atoms with Crippen molar-refractivity contribution in [3.63, 3.8) is 0 Å². The van der Waals surface area contributed by atoms with Gasteiger partial charge in [-0.3, -0.25) is 19.7 Å². The number of alkyl halides is 3. The summed E-state index contributed by atoms with van der Waals surface area (Å²) in [6.07, 6.45) is -4.49. The molecule has 0 spiro atoms. The number of nitro benzene ring substituents is 1. The molecule has 28 heavy (non-hydrogen) atoms. The van der Waals surface area contributed by atoms with Crippen molar-refractivity contribution in [1.29, 1.82) is 0 Å². The molecular formula is C17H15F3N4O4. The number of anilines is 1. The number of nitrogens with one attached hydrogen (secondary N) is 2. The summed E-state index contributed by atoms with van der Waals surface area (Å²) in [6.45, 7) is 0.151. The molecule has 0 bridgehead atoms. The van der Waals surface area contributed by atoms with Gasteiger partial charge in [0.2, 0.25) is 5.91 Å². The van der Waals surface area contributed by atoms with Crippen LogP contribution in [0.2, 0.25) is 0 Å². The molecule has 0 aliphatic rings. The van der Waals surface area contributed by atoms with Crippen molar-refractivity contribution in [3.8, 4) is 0 Å². The summed E-state index contributed by atoms with van der Waals surface area (Å²) in [5.41, 5.74) is 4.01. The Hall–Kier alpha value is -3.63. The average molecular weight is 396 g/mol. The van der Waals surface area contributed by atoms with Crippen LogP contribution < -0.4 is 16.4 Å². The van der Waals surface area contributed by atoms with Crippen molar-refractivity contribution in [2.24, 2.45) is 5.73 Å². The lowest BCUT2D eigenvalue weighted by atomic mass is 10.1.